The second kappa shape index (κ2) is 10.0. The quantitative estimate of drug-likeness (QED) is 0.280. The Morgan fingerprint density at radius 1 is 1.11 bits per heavy atom. The first kappa shape index (κ1) is 24.7. The molecule has 1 saturated heterocycles. The van der Waals surface area contributed by atoms with Gasteiger partial charge in [-0.3, -0.25) is 19.8 Å². The zero-order valence-electron chi connectivity index (χ0n) is 19.7. The number of nitrogens with one attached hydrogen (secondary N) is 1. The van der Waals surface area contributed by atoms with Crippen molar-refractivity contribution in [2.75, 3.05) is 12.0 Å². The normalized spacial score (nSPS) is 14.7. The number of carbonyl (C=O) groups is 3. The lowest BCUT2D eigenvalue weighted by molar-refractivity contribution is -0.122. The van der Waals surface area contributed by atoms with E-state index in [1.54, 1.807) is 24.3 Å². The summed E-state index contributed by atoms with van der Waals surface area (Å²) in [4.78, 5) is 38.2. The predicted molar refractivity (Wildman–Crippen MR) is 135 cm³/mol. The van der Waals surface area contributed by atoms with E-state index in [1.165, 1.54) is 30.2 Å². The molecule has 0 aliphatic carbocycles. The number of aromatic carboxylic acids is 1. The maximum absolute atomic E-state index is 13.3. The number of furan rings is 1. The van der Waals surface area contributed by atoms with Crippen LogP contribution in [0.5, 0.6) is 11.5 Å². The number of carboxylic acid groups (broad SMARTS) is 1. The lowest BCUT2D eigenvalue weighted by atomic mass is 10.0. The Balaban J connectivity index is 1.59. The number of amides is 2. The molecule has 0 radical (unpaired) electrons. The fourth-order valence-electron chi connectivity index (χ4n) is 3.71. The van der Waals surface area contributed by atoms with E-state index in [2.05, 4.69) is 5.32 Å². The molecular weight excluding hydrogens is 484 g/mol. The number of nitrogens with zero attached hydrogens (tertiary/aromatic N) is 1. The molecule has 10 heteroatoms. The number of benzene rings is 2. The van der Waals surface area contributed by atoms with Gasteiger partial charge in [-0.05, 0) is 73.6 Å². The van der Waals surface area contributed by atoms with Gasteiger partial charge >= 0.3 is 5.97 Å². The summed E-state index contributed by atoms with van der Waals surface area (Å²) < 4.78 is 16.3. The number of thiocarbonyl (C=S) groups is 1. The minimum atomic E-state index is -1.17. The first-order valence-corrected chi connectivity index (χ1v) is 11.2. The van der Waals surface area contributed by atoms with Crippen molar-refractivity contribution in [2.45, 2.75) is 20.5 Å². The highest BCUT2D eigenvalue weighted by Crippen LogP contribution is 2.31. The Labute approximate surface area is 211 Å². The van der Waals surface area contributed by atoms with Gasteiger partial charge in [0.05, 0.1) is 12.8 Å². The molecule has 0 atom stereocenters. The molecule has 2 heterocycles. The zero-order valence-corrected chi connectivity index (χ0v) is 20.5. The fraction of sp³-hybridized carbons (Fsp3) is 0.154. The number of ether oxygens (including phenoxy) is 2. The SMILES string of the molecule is COc1cc(/C=C2\C(=O)NC(=S)N(c3ccc(C)cc3C)C2=O)ccc1OCc1ccc(C(=O)O)o1. The average molecular weight is 507 g/mol. The summed E-state index contributed by atoms with van der Waals surface area (Å²) in [7, 11) is 1.45. The Morgan fingerprint density at radius 3 is 2.56 bits per heavy atom. The van der Waals surface area contributed by atoms with Crippen LogP contribution in [0.4, 0.5) is 5.69 Å². The summed E-state index contributed by atoms with van der Waals surface area (Å²) in [6.45, 7) is 3.79. The summed E-state index contributed by atoms with van der Waals surface area (Å²) in [6.07, 6.45) is 1.45. The highest BCUT2D eigenvalue weighted by atomic mass is 32.1. The number of aryl methyl sites for hydroxylation is 2. The minimum absolute atomic E-state index is 0.0133. The van der Waals surface area contributed by atoms with Gasteiger partial charge in [0.25, 0.3) is 11.8 Å². The standard InChI is InChI=1S/C26H22N2O7S/c1-14-4-7-19(15(2)10-14)28-24(30)18(23(29)27-26(28)36)11-16-5-8-20(22(12-16)33-3)34-13-17-6-9-21(35-17)25(31)32/h4-12H,13H2,1-3H3,(H,31,32)(H,27,29,36)/b18-11+. The highest BCUT2D eigenvalue weighted by molar-refractivity contribution is 7.80. The van der Waals surface area contributed by atoms with E-state index in [-0.39, 0.29) is 23.1 Å². The van der Waals surface area contributed by atoms with Crippen LogP contribution < -0.4 is 19.7 Å². The van der Waals surface area contributed by atoms with E-state index in [0.29, 0.717) is 28.5 Å². The fourth-order valence-corrected chi connectivity index (χ4v) is 3.99. The van der Waals surface area contributed by atoms with Gasteiger partial charge < -0.3 is 19.0 Å². The molecule has 0 bridgehead atoms. The second-order valence-electron chi connectivity index (χ2n) is 8.02. The van der Waals surface area contributed by atoms with Gasteiger partial charge in [-0.2, -0.15) is 0 Å². The van der Waals surface area contributed by atoms with Crippen LogP contribution in [-0.4, -0.2) is 35.1 Å². The molecule has 4 rings (SSSR count). The topological polar surface area (TPSA) is 118 Å². The molecule has 0 spiro atoms. The van der Waals surface area contributed by atoms with E-state index in [1.807, 2.05) is 26.0 Å². The Morgan fingerprint density at radius 2 is 1.89 bits per heavy atom. The van der Waals surface area contributed by atoms with Crippen molar-refractivity contribution in [1.82, 2.24) is 5.32 Å². The Bertz CT molecular complexity index is 1420. The smallest absolute Gasteiger partial charge is 0.371 e. The van der Waals surface area contributed by atoms with Gasteiger partial charge in [-0.25, -0.2) is 4.79 Å². The van der Waals surface area contributed by atoms with E-state index in [4.69, 9.17) is 31.2 Å². The molecule has 2 aromatic carbocycles. The third-order valence-corrected chi connectivity index (χ3v) is 5.72. The van der Waals surface area contributed by atoms with Gasteiger partial charge in [0, 0.05) is 0 Å². The molecule has 0 unspecified atom stereocenters. The van der Waals surface area contributed by atoms with Crippen molar-refractivity contribution in [3.05, 3.63) is 82.3 Å². The van der Waals surface area contributed by atoms with Crippen molar-refractivity contribution < 1.29 is 33.4 Å². The summed E-state index contributed by atoms with van der Waals surface area (Å²) >= 11 is 5.28. The third-order valence-electron chi connectivity index (χ3n) is 5.44. The largest absolute Gasteiger partial charge is 0.493 e. The number of hydrogen-bond donors (Lipinski definition) is 2. The number of rotatable bonds is 7. The lowest BCUT2D eigenvalue weighted by Crippen LogP contribution is -2.54. The summed E-state index contributed by atoms with van der Waals surface area (Å²) in [5.41, 5.74) is 2.91. The lowest BCUT2D eigenvalue weighted by Gasteiger charge is -2.30. The van der Waals surface area contributed by atoms with Crippen molar-refractivity contribution in [2.24, 2.45) is 0 Å². The van der Waals surface area contributed by atoms with Gasteiger partial charge in [0.2, 0.25) is 5.76 Å². The second-order valence-corrected chi connectivity index (χ2v) is 8.40. The maximum atomic E-state index is 13.3. The molecular formula is C26H22N2O7S. The highest BCUT2D eigenvalue weighted by Gasteiger charge is 2.35. The molecule has 3 aromatic rings. The maximum Gasteiger partial charge on any atom is 0.371 e. The van der Waals surface area contributed by atoms with Crippen LogP contribution in [0, 0.1) is 13.8 Å². The minimum Gasteiger partial charge on any atom is -0.493 e. The van der Waals surface area contributed by atoms with Crippen LogP contribution >= 0.6 is 12.2 Å². The molecule has 1 aliphatic heterocycles. The molecule has 9 nitrogen and oxygen atoms in total. The summed E-state index contributed by atoms with van der Waals surface area (Å²) in [5.74, 6) is -1.46. The number of methoxy groups -OCH3 is 1. The van der Waals surface area contributed by atoms with Crippen LogP contribution in [0.15, 0.2) is 58.5 Å². The predicted octanol–water partition coefficient (Wildman–Crippen LogP) is 4.01. The first-order valence-electron chi connectivity index (χ1n) is 10.8. The van der Waals surface area contributed by atoms with E-state index < -0.39 is 17.8 Å². The van der Waals surface area contributed by atoms with Crippen molar-refractivity contribution in [3.63, 3.8) is 0 Å². The van der Waals surface area contributed by atoms with E-state index in [0.717, 1.165) is 11.1 Å². The van der Waals surface area contributed by atoms with Crippen LogP contribution in [0.2, 0.25) is 0 Å². The van der Waals surface area contributed by atoms with Crippen LogP contribution in [0.3, 0.4) is 0 Å². The Kier molecular flexibility index (Phi) is 6.89. The van der Waals surface area contributed by atoms with E-state index >= 15 is 0 Å². The molecule has 2 amide bonds. The number of carboxylic acids is 1. The molecule has 1 aliphatic rings. The molecule has 36 heavy (non-hydrogen) atoms. The van der Waals surface area contributed by atoms with Gasteiger partial charge in [0.15, 0.2) is 16.6 Å². The van der Waals surface area contributed by atoms with Gasteiger partial charge in [0.1, 0.15) is 17.9 Å². The zero-order chi connectivity index (χ0) is 26.0. The van der Waals surface area contributed by atoms with Crippen LogP contribution in [-0.2, 0) is 16.2 Å². The molecule has 2 N–H and O–H groups in total. The summed E-state index contributed by atoms with van der Waals surface area (Å²) in [6, 6.07) is 13.3. The molecule has 184 valence electrons. The number of carbonyl (C=O) groups excluding carboxylic acids is 2. The van der Waals surface area contributed by atoms with Crippen LogP contribution in [0.25, 0.3) is 6.08 Å². The number of hydrogen-bond acceptors (Lipinski definition) is 7. The average Bonchev–Trinajstić information content (AvgIpc) is 3.31. The van der Waals surface area contributed by atoms with Crippen molar-refractivity contribution >= 4 is 46.9 Å². The Hall–Kier alpha value is -4.44. The van der Waals surface area contributed by atoms with Gasteiger partial charge in [-0.1, -0.05) is 23.8 Å². The number of anilines is 1. The molecule has 0 saturated carbocycles. The van der Waals surface area contributed by atoms with E-state index in [9.17, 15) is 14.4 Å². The van der Waals surface area contributed by atoms with Crippen molar-refractivity contribution in [3.8, 4) is 11.5 Å². The van der Waals surface area contributed by atoms with Crippen LogP contribution in [0.1, 0.15) is 33.0 Å². The summed E-state index contributed by atoms with van der Waals surface area (Å²) in [5, 5.41) is 11.6. The third kappa shape index (κ3) is 4.98. The molecule has 1 aromatic heterocycles. The van der Waals surface area contributed by atoms with Crippen molar-refractivity contribution in [1.29, 1.82) is 0 Å². The first-order chi connectivity index (χ1) is 17.2. The van der Waals surface area contributed by atoms with Gasteiger partial charge in [-0.15, -0.1) is 0 Å². The molecule has 1 fully saturated rings. The monoisotopic (exact) mass is 506 g/mol.